The van der Waals surface area contributed by atoms with Gasteiger partial charge < -0.3 is 14.2 Å². The summed E-state index contributed by atoms with van der Waals surface area (Å²) < 4.78 is 41.3. The number of rotatable bonds is 7. The molecule has 0 saturated heterocycles. The Kier molecular flexibility index (Phi) is 6.01. The van der Waals surface area contributed by atoms with Gasteiger partial charge in [-0.15, -0.1) is 0 Å². The summed E-state index contributed by atoms with van der Waals surface area (Å²) in [5.74, 6) is -4.02. The van der Waals surface area contributed by atoms with Crippen molar-refractivity contribution in [3.8, 4) is 11.5 Å². The van der Waals surface area contributed by atoms with E-state index < -0.39 is 51.7 Å². The number of ether oxygens (including phenoxy) is 3. The van der Waals surface area contributed by atoms with Gasteiger partial charge in [0.2, 0.25) is 5.78 Å². The Morgan fingerprint density at radius 2 is 1.67 bits per heavy atom. The molecular formula is C17H13F2NO7. The second-order valence-corrected chi connectivity index (χ2v) is 5.10. The quantitative estimate of drug-likeness (QED) is 0.314. The minimum absolute atomic E-state index is 0.0126. The van der Waals surface area contributed by atoms with E-state index in [1.807, 2.05) is 0 Å². The van der Waals surface area contributed by atoms with Gasteiger partial charge in [0, 0.05) is 6.07 Å². The number of methoxy groups -OCH3 is 2. The smallest absolute Gasteiger partial charge is 0.345 e. The van der Waals surface area contributed by atoms with Gasteiger partial charge in [-0.1, -0.05) is 0 Å². The maximum absolute atomic E-state index is 13.6. The SMILES string of the molecule is COc1cc(C(=O)OCC(=O)c2cc(F)ccc2F)c([N+](=O)[O-])cc1OC. The van der Waals surface area contributed by atoms with Crippen molar-refractivity contribution in [3.63, 3.8) is 0 Å². The van der Waals surface area contributed by atoms with Crippen LogP contribution in [0, 0.1) is 21.7 Å². The number of ketones is 1. The van der Waals surface area contributed by atoms with Crippen molar-refractivity contribution in [2.45, 2.75) is 0 Å². The highest BCUT2D eigenvalue weighted by Crippen LogP contribution is 2.34. The van der Waals surface area contributed by atoms with Gasteiger partial charge in [0.1, 0.15) is 17.2 Å². The zero-order chi connectivity index (χ0) is 20.1. The summed E-state index contributed by atoms with van der Waals surface area (Å²) in [6.45, 7) is -0.940. The Balaban J connectivity index is 2.26. The molecule has 0 fully saturated rings. The van der Waals surface area contributed by atoms with Gasteiger partial charge in [0.05, 0.1) is 30.8 Å². The summed E-state index contributed by atoms with van der Waals surface area (Å²) in [7, 11) is 2.51. The molecule has 0 heterocycles. The zero-order valence-corrected chi connectivity index (χ0v) is 14.2. The number of benzene rings is 2. The average Bonchev–Trinajstić information content (AvgIpc) is 2.66. The van der Waals surface area contributed by atoms with Crippen LogP contribution in [-0.4, -0.2) is 37.5 Å². The summed E-state index contributed by atoms with van der Waals surface area (Å²) in [4.78, 5) is 34.5. The van der Waals surface area contributed by atoms with Crippen LogP contribution in [0.1, 0.15) is 20.7 Å². The van der Waals surface area contributed by atoms with Gasteiger partial charge >= 0.3 is 5.97 Å². The fourth-order valence-electron chi connectivity index (χ4n) is 2.18. The van der Waals surface area contributed by atoms with Crippen LogP contribution in [-0.2, 0) is 4.74 Å². The fraction of sp³-hybridized carbons (Fsp3) is 0.176. The number of nitro groups is 1. The molecular weight excluding hydrogens is 368 g/mol. The standard InChI is InChI=1S/C17H13F2NO7/c1-25-15-6-11(13(20(23)24)7-16(15)26-2)17(22)27-8-14(21)10-5-9(18)3-4-12(10)19/h3-7H,8H2,1-2H3. The molecule has 0 bridgehead atoms. The van der Waals surface area contributed by atoms with Crippen LogP contribution in [0.15, 0.2) is 30.3 Å². The van der Waals surface area contributed by atoms with Crippen molar-refractivity contribution in [2.24, 2.45) is 0 Å². The van der Waals surface area contributed by atoms with Crippen LogP contribution in [0.25, 0.3) is 0 Å². The van der Waals surface area contributed by atoms with Crippen molar-refractivity contribution >= 4 is 17.4 Å². The monoisotopic (exact) mass is 381 g/mol. The van der Waals surface area contributed by atoms with Gasteiger partial charge in [-0.05, 0) is 18.2 Å². The minimum atomic E-state index is -1.21. The van der Waals surface area contributed by atoms with Crippen LogP contribution in [0.2, 0.25) is 0 Å². The molecule has 0 aliphatic heterocycles. The number of nitrogens with zero attached hydrogens (tertiary/aromatic N) is 1. The summed E-state index contributed by atoms with van der Waals surface area (Å²) in [5.41, 5.74) is -1.74. The lowest BCUT2D eigenvalue weighted by Gasteiger charge is -2.10. The third-order valence-corrected chi connectivity index (χ3v) is 3.48. The van der Waals surface area contributed by atoms with Crippen LogP contribution >= 0.6 is 0 Å². The lowest BCUT2D eigenvalue weighted by atomic mass is 10.1. The zero-order valence-electron chi connectivity index (χ0n) is 14.2. The number of carbonyl (C=O) groups excluding carboxylic acids is 2. The van der Waals surface area contributed by atoms with E-state index in [1.165, 1.54) is 14.2 Å². The molecule has 0 unspecified atom stereocenters. The van der Waals surface area contributed by atoms with Gasteiger partial charge in [-0.3, -0.25) is 14.9 Å². The molecule has 0 aromatic heterocycles. The van der Waals surface area contributed by atoms with Crippen molar-refractivity contribution in [1.29, 1.82) is 0 Å². The van der Waals surface area contributed by atoms with Crippen molar-refractivity contribution < 1.29 is 37.5 Å². The molecule has 0 aliphatic carbocycles. The van der Waals surface area contributed by atoms with Crippen LogP contribution < -0.4 is 9.47 Å². The topological polar surface area (TPSA) is 105 Å². The normalized spacial score (nSPS) is 10.2. The molecule has 0 aliphatic rings. The molecule has 2 rings (SSSR count). The maximum Gasteiger partial charge on any atom is 0.345 e. The molecule has 0 atom stereocenters. The number of Topliss-reactive ketones (excluding diaryl/α,β-unsaturated/α-hetero) is 1. The molecule has 0 saturated carbocycles. The Morgan fingerprint density at radius 3 is 2.26 bits per heavy atom. The first-order chi connectivity index (χ1) is 12.8. The van der Waals surface area contributed by atoms with E-state index in [2.05, 4.69) is 0 Å². The highest BCUT2D eigenvalue weighted by Gasteiger charge is 2.26. The summed E-state index contributed by atoms with van der Waals surface area (Å²) in [6.07, 6.45) is 0. The second kappa shape index (κ2) is 8.21. The molecule has 0 N–H and O–H groups in total. The molecule has 142 valence electrons. The predicted molar refractivity (Wildman–Crippen MR) is 87.2 cm³/mol. The van der Waals surface area contributed by atoms with Crippen molar-refractivity contribution in [2.75, 3.05) is 20.8 Å². The third kappa shape index (κ3) is 4.35. The lowest BCUT2D eigenvalue weighted by Crippen LogP contribution is -2.16. The Morgan fingerprint density at radius 1 is 1.04 bits per heavy atom. The average molecular weight is 381 g/mol. The number of nitro benzene ring substituents is 1. The first kappa shape index (κ1) is 19.8. The van der Waals surface area contributed by atoms with Gasteiger partial charge in [-0.2, -0.15) is 0 Å². The van der Waals surface area contributed by atoms with Gasteiger partial charge in [-0.25, -0.2) is 13.6 Å². The number of halogens is 2. The molecule has 10 heteroatoms. The fourth-order valence-corrected chi connectivity index (χ4v) is 2.18. The van der Waals surface area contributed by atoms with Crippen LogP contribution in [0.3, 0.4) is 0 Å². The van der Waals surface area contributed by atoms with E-state index in [0.717, 1.165) is 24.3 Å². The maximum atomic E-state index is 13.6. The lowest BCUT2D eigenvalue weighted by molar-refractivity contribution is -0.385. The van der Waals surface area contributed by atoms with E-state index in [0.29, 0.717) is 6.07 Å². The Hall–Kier alpha value is -3.56. The van der Waals surface area contributed by atoms with E-state index in [4.69, 9.17) is 14.2 Å². The summed E-state index contributed by atoms with van der Waals surface area (Å²) in [6, 6.07) is 4.22. The molecule has 0 amide bonds. The highest BCUT2D eigenvalue weighted by molar-refractivity contribution is 6.00. The highest BCUT2D eigenvalue weighted by atomic mass is 19.1. The number of carbonyl (C=O) groups is 2. The van der Waals surface area contributed by atoms with Gasteiger partial charge in [0.25, 0.3) is 5.69 Å². The summed E-state index contributed by atoms with van der Waals surface area (Å²) >= 11 is 0. The molecule has 27 heavy (non-hydrogen) atoms. The Bertz CT molecular complexity index is 914. The first-order valence-corrected chi connectivity index (χ1v) is 7.34. The second-order valence-electron chi connectivity index (χ2n) is 5.10. The Labute approximate surface area is 151 Å². The summed E-state index contributed by atoms with van der Waals surface area (Å²) in [5, 5.41) is 11.2. The number of esters is 1. The molecule has 2 aromatic carbocycles. The van der Waals surface area contributed by atoms with E-state index >= 15 is 0 Å². The first-order valence-electron chi connectivity index (χ1n) is 7.34. The minimum Gasteiger partial charge on any atom is -0.493 e. The van der Waals surface area contributed by atoms with Crippen LogP contribution in [0.4, 0.5) is 14.5 Å². The van der Waals surface area contributed by atoms with Gasteiger partial charge in [0.15, 0.2) is 18.1 Å². The number of hydrogen-bond acceptors (Lipinski definition) is 7. The van der Waals surface area contributed by atoms with E-state index in [-0.39, 0.29) is 11.5 Å². The third-order valence-electron chi connectivity index (χ3n) is 3.48. The number of hydrogen-bond donors (Lipinski definition) is 0. The van der Waals surface area contributed by atoms with Crippen molar-refractivity contribution in [3.05, 3.63) is 63.2 Å². The molecule has 2 aromatic rings. The van der Waals surface area contributed by atoms with E-state index in [9.17, 15) is 28.5 Å². The molecule has 0 spiro atoms. The predicted octanol–water partition coefficient (Wildman–Crippen LogP) is 2.93. The van der Waals surface area contributed by atoms with E-state index in [1.54, 1.807) is 0 Å². The molecule has 0 radical (unpaired) electrons. The largest absolute Gasteiger partial charge is 0.493 e. The van der Waals surface area contributed by atoms with Crippen LogP contribution in [0.5, 0.6) is 11.5 Å². The van der Waals surface area contributed by atoms with Crippen molar-refractivity contribution in [1.82, 2.24) is 0 Å². The molecule has 8 nitrogen and oxygen atoms in total.